The van der Waals surface area contributed by atoms with Gasteiger partial charge in [0.1, 0.15) is 11.2 Å². The fourth-order valence-electron chi connectivity index (χ4n) is 1.41. The number of nitrogens with zero attached hydrogens (tertiary/aromatic N) is 1. The van der Waals surface area contributed by atoms with Crippen molar-refractivity contribution >= 4 is 11.7 Å². The third-order valence-corrected chi connectivity index (χ3v) is 2.82. The number of carbonyl (C=O) groups is 2. The first-order valence-electron chi connectivity index (χ1n) is 4.97. The molecule has 1 fully saturated rings. The zero-order valence-electron chi connectivity index (χ0n) is 9.09. The van der Waals surface area contributed by atoms with Crippen molar-refractivity contribution in [3.63, 3.8) is 0 Å². The summed E-state index contributed by atoms with van der Waals surface area (Å²) in [5, 5.41) is 3.17. The standard InChI is InChI=1S/C10H18N2O2/c1-8(13)10(2,3)9(14)12-6-4-11-5-7-12/h11H,4-7H2,1-3H3. The van der Waals surface area contributed by atoms with E-state index in [1.54, 1.807) is 18.7 Å². The summed E-state index contributed by atoms with van der Waals surface area (Å²) >= 11 is 0. The van der Waals surface area contributed by atoms with Gasteiger partial charge in [0.25, 0.3) is 0 Å². The predicted molar refractivity (Wildman–Crippen MR) is 53.9 cm³/mol. The molecule has 0 atom stereocenters. The zero-order chi connectivity index (χ0) is 10.8. The molecule has 1 saturated heterocycles. The quantitative estimate of drug-likeness (QED) is 0.637. The van der Waals surface area contributed by atoms with Gasteiger partial charge in [0.05, 0.1) is 0 Å². The summed E-state index contributed by atoms with van der Waals surface area (Å²) in [5.74, 6) is -0.118. The Hall–Kier alpha value is -0.900. The first-order chi connectivity index (χ1) is 6.46. The summed E-state index contributed by atoms with van der Waals surface area (Å²) in [5.41, 5.74) is -0.864. The van der Waals surface area contributed by atoms with Gasteiger partial charge in [0, 0.05) is 26.2 Å². The van der Waals surface area contributed by atoms with Crippen LogP contribution in [0.15, 0.2) is 0 Å². The largest absolute Gasteiger partial charge is 0.339 e. The monoisotopic (exact) mass is 198 g/mol. The summed E-state index contributed by atoms with van der Waals surface area (Å²) in [7, 11) is 0. The van der Waals surface area contributed by atoms with E-state index in [4.69, 9.17) is 0 Å². The molecule has 80 valence electrons. The Morgan fingerprint density at radius 1 is 1.21 bits per heavy atom. The molecular weight excluding hydrogens is 180 g/mol. The molecule has 0 aromatic carbocycles. The van der Waals surface area contributed by atoms with Crippen molar-refractivity contribution in [2.75, 3.05) is 26.2 Å². The molecule has 1 rings (SSSR count). The predicted octanol–water partition coefficient (Wildman–Crippen LogP) is 0.0334. The van der Waals surface area contributed by atoms with Crippen LogP contribution < -0.4 is 5.32 Å². The van der Waals surface area contributed by atoms with Crippen LogP contribution in [0, 0.1) is 5.41 Å². The number of hydrogen-bond acceptors (Lipinski definition) is 3. The van der Waals surface area contributed by atoms with Gasteiger partial charge in [-0.05, 0) is 20.8 Å². The lowest BCUT2D eigenvalue weighted by Crippen LogP contribution is -2.52. The second-order valence-corrected chi connectivity index (χ2v) is 4.22. The van der Waals surface area contributed by atoms with Gasteiger partial charge in [-0.15, -0.1) is 0 Å². The second kappa shape index (κ2) is 4.09. The third-order valence-electron chi connectivity index (χ3n) is 2.82. The molecule has 0 spiro atoms. The van der Waals surface area contributed by atoms with Crippen molar-refractivity contribution in [2.45, 2.75) is 20.8 Å². The van der Waals surface area contributed by atoms with E-state index in [0.29, 0.717) is 13.1 Å². The lowest BCUT2D eigenvalue weighted by Gasteiger charge is -2.33. The van der Waals surface area contributed by atoms with Crippen LogP contribution in [-0.4, -0.2) is 42.8 Å². The van der Waals surface area contributed by atoms with Crippen molar-refractivity contribution in [3.05, 3.63) is 0 Å². The number of carbonyl (C=O) groups excluding carboxylic acids is 2. The number of amides is 1. The molecule has 0 aromatic rings. The van der Waals surface area contributed by atoms with Crippen LogP contribution in [0.2, 0.25) is 0 Å². The molecular formula is C10H18N2O2. The van der Waals surface area contributed by atoms with Gasteiger partial charge < -0.3 is 10.2 Å². The fourth-order valence-corrected chi connectivity index (χ4v) is 1.41. The van der Waals surface area contributed by atoms with Gasteiger partial charge in [-0.25, -0.2) is 0 Å². The normalized spacial score (nSPS) is 18.1. The highest BCUT2D eigenvalue weighted by atomic mass is 16.2. The molecule has 0 aliphatic carbocycles. The first kappa shape index (κ1) is 11.2. The Bertz CT molecular complexity index is 243. The minimum absolute atomic E-state index is 0.0495. The van der Waals surface area contributed by atoms with E-state index in [0.717, 1.165) is 13.1 Å². The maximum Gasteiger partial charge on any atom is 0.235 e. The summed E-state index contributed by atoms with van der Waals surface area (Å²) in [6, 6.07) is 0. The molecule has 14 heavy (non-hydrogen) atoms. The Balaban J connectivity index is 2.67. The SMILES string of the molecule is CC(=O)C(C)(C)C(=O)N1CCNCC1. The van der Waals surface area contributed by atoms with Crippen LogP contribution in [0.5, 0.6) is 0 Å². The van der Waals surface area contributed by atoms with E-state index in [-0.39, 0.29) is 11.7 Å². The van der Waals surface area contributed by atoms with E-state index in [2.05, 4.69) is 5.32 Å². The van der Waals surface area contributed by atoms with Crippen molar-refractivity contribution in [2.24, 2.45) is 5.41 Å². The maximum atomic E-state index is 11.9. The minimum atomic E-state index is -0.864. The Morgan fingerprint density at radius 2 is 1.71 bits per heavy atom. The molecule has 0 radical (unpaired) electrons. The van der Waals surface area contributed by atoms with Crippen LogP contribution in [-0.2, 0) is 9.59 Å². The number of rotatable bonds is 2. The van der Waals surface area contributed by atoms with Gasteiger partial charge in [0.2, 0.25) is 5.91 Å². The van der Waals surface area contributed by atoms with E-state index < -0.39 is 5.41 Å². The molecule has 4 nitrogen and oxygen atoms in total. The Kier molecular flexibility index (Phi) is 3.26. The molecule has 0 aromatic heterocycles. The number of hydrogen-bond donors (Lipinski definition) is 1. The topological polar surface area (TPSA) is 49.4 Å². The fraction of sp³-hybridized carbons (Fsp3) is 0.800. The minimum Gasteiger partial charge on any atom is -0.339 e. The average Bonchev–Trinajstić information content (AvgIpc) is 2.17. The number of nitrogens with one attached hydrogen (secondary N) is 1. The summed E-state index contributed by atoms with van der Waals surface area (Å²) in [6.07, 6.45) is 0. The summed E-state index contributed by atoms with van der Waals surface area (Å²) in [6.45, 7) is 7.91. The average molecular weight is 198 g/mol. The van der Waals surface area contributed by atoms with Crippen LogP contribution in [0.1, 0.15) is 20.8 Å². The van der Waals surface area contributed by atoms with E-state index in [1.807, 2.05) is 0 Å². The van der Waals surface area contributed by atoms with E-state index in [9.17, 15) is 9.59 Å². The van der Waals surface area contributed by atoms with Gasteiger partial charge >= 0.3 is 0 Å². The smallest absolute Gasteiger partial charge is 0.235 e. The summed E-state index contributed by atoms with van der Waals surface area (Å²) < 4.78 is 0. The highest BCUT2D eigenvalue weighted by Gasteiger charge is 2.36. The molecule has 0 bridgehead atoms. The molecule has 1 aliphatic rings. The second-order valence-electron chi connectivity index (χ2n) is 4.22. The lowest BCUT2D eigenvalue weighted by atomic mass is 9.87. The van der Waals surface area contributed by atoms with Gasteiger partial charge in [-0.2, -0.15) is 0 Å². The third kappa shape index (κ3) is 2.12. The number of Topliss-reactive ketones (excluding diaryl/α,β-unsaturated/α-hetero) is 1. The molecule has 1 aliphatic heterocycles. The molecule has 0 unspecified atom stereocenters. The molecule has 1 N–H and O–H groups in total. The molecule has 4 heteroatoms. The maximum absolute atomic E-state index is 11.9. The van der Waals surface area contributed by atoms with E-state index in [1.165, 1.54) is 6.92 Å². The molecule has 1 heterocycles. The van der Waals surface area contributed by atoms with Gasteiger partial charge in [0.15, 0.2) is 0 Å². The number of piperazine rings is 1. The Labute approximate surface area is 84.7 Å². The summed E-state index contributed by atoms with van der Waals surface area (Å²) in [4.78, 5) is 25.0. The highest BCUT2D eigenvalue weighted by Crippen LogP contribution is 2.20. The Morgan fingerprint density at radius 3 is 2.14 bits per heavy atom. The van der Waals surface area contributed by atoms with Crippen LogP contribution in [0.3, 0.4) is 0 Å². The van der Waals surface area contributed by atoms with Crippen molar-refractivity contribution < 1.29 is 9.59 Å². The molecule has 0 saturated carbocycles. The van der Waals surface area contributed by atoms with Gasteiger partial charge in [-0.3, -0.25) is 9.59 Å². The highest BCUT2D eigenvalue weighted by molar-refractivity contribution is 6.04. The van der Waals surface area contributed by atoms with Crippen LogP contribution in [0.25, 0.3) is 0 Å². The van der Waals surface area contributed by atoms with Gasteiger partial charge in [-0.1, -0.05) is 0 Å². The zero-order valence-corrected chi connectivity index (χ0v) is 9.09. The van der Waals surface area contributed by atoms with Crippen molar-refractivity contribution in [3.8, 4) is 0 Å². The van der Waals surface area contributed by atoms with E-state index >= 15 is 0 Å². The lowest BCUT2D eigenvalue weighted by molar-refractivity contribution is -0.147. The van der Waals surface area contributed by atoms with Crippen LogP contribution >= 0.6 is 0 Å². The van der Waals surface area contributed by atoms with Crippen molar-refractivity contribution in [1.82, 2.24) is 10.2 Å². The first-order valence-corrected chi connectivity index (χ1v) is 4.97. The van der Waals surface area contributed by atoms with Crippen LogP contribution in [0.4, 0.5) is 0 Å². The van der Waals surface area contributed by atoms with Crippen molar-refractivity contribution in [1.29, 1.82) is 0 Å². The molecule has 1 amide bonds. The number of ketones is 1.